The second-order valence-corrected chi connectivity index (χ2v) is 3.93. The normalized spacial score (nSPS) is 14.2. The molecule has 0 aliphatic carbocycles. The molecule has 0 heterocycles. The Morgan fingerprint density at radius 3 is 2.50 bits per heavy atom. The van der Waals surface area contributed by atoms with E-state index in [1.165, 1.54) is 0 Å². The van der Waals surface area contributed by atoms with Crippen LogP contribution in [-0.2, 0) is 4.79 Å². The van der Waals surface area contributed by atoms with Crippen LogP contribution in [0.25, 0.3) is 0 Å². The van der Waals surface area contributed by atoms with Crippen molar-refractivity contribution >= 4 is 5.91 Å². The highest BCUT2D eigenvalue weighted by atomic mass is 16.2. The van der Waals surface area contributed by atoms with Gasteiger partial charge in [0.05, 0.1) is 12.5 Å². The molecular weight excluding hydrogens is 176 g/mol. The van der Waals surface area contributed by atoms with Crippen molar-refractivity contribution in [1.82, 2.24) is 4.90 Å². The zero-order valence-corrected chi connectivity index (χ0v) is 9.58. The zero-order valence-electron chi connectivity index (χ0n) is 9.58. The second-order valence-electron chi connectivity index (χ2n) is 3.93. The molecule has 80 valence electrons. The zero-order chi connectivity index (χ0) is 11.1. The lowest BCUT2D eigenvalue weighted by atomic mass is 10.0. The second kappa shape index (κ2) is 6.42. The molecule has 0 aliphatic rings. The summed E-state index contributed by atoms with van der Waals surface area (Å²) >= 11 is 0. The predicted octanol–water partition coefficient (Wildman–Crippen LogP) is 2.18. The summed E-state index contributed by atoms with van der Waals surface area (Å²) in [5.74, 6) is 0.571. The molecule has 0 aromatic rings. The van der Waals surface area contributed by atoms with Gasteiger partial charge in [-0.05, 0) is 12.8 Å². The molecule has 0 aromatic heterocycles. The van der Waals surface area contributed by atoms with Crippen molar-refractivity contribution in [1.29, 1.82) is 5.26 Å². The number of rotatable bonds is 5. The molecule has 3 heteroatoms. The number of carbonyl (C=O) groups is 1. The third kappa shape index (κ3) is 4.27. The first-order valence-electron chi connectivity index (χ1n) is 5.15. The van der Waals surface area contributed by atoms with Gasteiger partial charge in [0, 0.05) is 19.5 Å². The van der Waals surface area contributed by atoms with Crippen LogP contribution in [0.4, 0.5) is 0 Å². The first-order chi connectivity index (χ1) is 6.52. The number of nitrogens with zero attached hydrogens (tertiary/aromatic N) is 2. The highest BCUT2D eigenvalue weighted by molar-refractivity contribution is 5.76. The molecule has 0 spiro atoms. The van der Waals surface area contributed by atoms with Crippen LogP contribution in [0.15, 0.2) is 0 Å². The van der Waals surface area contributed by atoms with E-state index < -0.39 is 0 Å². The fourth-order valence-electron chi connectivity index (χ4n) is 1.10. The Morgan fingerprint density at radius 2 is 2.07 bits per heavy atom. The predicted molar refractivity (Wildman–Crippen MR) is 56.5 cm³/mol. The maximum absolute atomic E-state index is 11.6. The van der Waals surface area contributed by atoms with Gasteiger partial charge in [-0.1, -0.05) is 20.3 Å². The lowest BCUT2D eigenvalue weighted by Gasteiger charge is -2.24. The van der Waals surface area contributed by atoms with Crippen molar-refractivity contribution in [3.05, 3.63) is 0 Å². The van der Waals surface area contributed by atoms with Gasteiger partial charge >= 0.3 is 0 Å². The van der Waals surface area contributed by atoms with Gasteiger partial charge in [0.25, 0.3) is 0 Å². The van der Waals surface area contributed by atoms with E-state index in [0.29, 0.717) is 18.8 Å². The SMILES string of the molecule is CCC(C)CC(=O)N(C)C(C)CC#N. The Labute approximate surface area is 86.7 Å². The maximum Gasteiger partial charge on any atom is 0.222 e. The first kappa shape index (κ1) is 13.0. The summed E-state index contributed by atoms with van der Waals surface area (Å²) in [4.78, 5) is 13.3. The van der Waals surface area contributed by atoms with Crippen molar-refractivity contribution in [2.75, 3.05) is 7.05 Å². The van der Waals surface area contributed by atoms with Crippen LogP contribution in [0.2, 0.25) is 0 Å². The van der Waals surface area contributed by atoms with E-state index in [1.54, 1.807) is 11.9 Å². The van der Waals surface area contributed by atoms with E-state index in [0.717, 1.165) is 6.42 Å². The van der Waals surface area contributed by atoms with Crippen LogP contribution in [-0.4, -0.2) is 23.9 Å². The summed E-state index contributed by atoms with van der Waals surface area (Å²) in [6.07, 6.45) is 2.01. The van der Waals surface area contributed by atoms with Crippen LogP contribution >= 0.6 is 0 Å². The van der Waals surface area contributed by atoms with E-state index >= 15 is 0 Å². The molecule has 2 unspecified atom stereocenters. The van der Waals surface area contributed by atoms with E-state index in [2.05, 4.69) is 19.9 Å². The van der Waals surface area contributed by atoms with Gasteiger partial charge in [-0.15, -0.1) is 0 Å². The smallest absolute Gasteiger partial charge is 0.222 e. The van der Waals surface area contributed by atoms with E-state index in [1.807, 2.05) is 6.92 Å². The average molecular weight is 196 g/mol. The number of hydrogen-bond acceptors (Lipinski definition) is 2. The molecule has 0 saturated heterocycles. The molecule has 3 nitrogen and oxygen atoms in total. The molecule has 0 aromatic carbocycles. The Balaban J connectivity index is 4.05. The minimum absolute atomic E-state index is 0.0246. The quantitative estimate of drug-likeness (QED) is 0.676. The Morgan fingerprint density at radius 1 is 1.50 bits per heavy atom. The Hall–Kier alpha value is -1.04. The summed E-state index contributed by atoms with van der Waals surface area (Å²) in [7, 11) is 1.77. The molecule has 0 fully saturated rings. The summed E-state index contributed by atoms with van der Waals surface area (Å²) < 4.78 is 0. The molecule has 0 bridgehead atoms. The molecule has 2 atom stereocenters. The van der Waals surface area contributed by atoms with Crippen LogP contribution < -0.4 is 0 Å². The van der Waals surface area contributed by atoms with Crippen LogP contribution in [0.5, 0.6) is 0 Å². The van der Waals surface area contributed by atoms with Crippen molar-refractivity contribution in [3.8, 4) is 6.07 Å². The van der Waals surface area contributed by atoms with E-state index in [4.69, 9.17) is 5.26 Å². The topological polar surface area (TPSA) is 44.1 Å². The number of nitriles is 1. The number of hydrogen-bond donors (Lipinski definition) is 0. The van der Waals surface area contributed by atoms with Crippen molar-refractivity contribution in [3.63, 3.8) is 0 Å². The number of amides is 1. The molecule has 0 rings (SSSR count). The summed E-state index contributed by atoms with van der Waals surface area (Å²) in [6, 6.07) is 2.10. The van der Waals surface area contributed by atoms with Gasteiger partial charge in [-0.3, -0.25) is 4.79 Å². The largest absolute Gasteiger partial charge is 0.342 e. The highest BCUT2D eigenvalue weighted by Gasteiger charge is 2.16. The third-order valence-corrected chi connectivity index (χ3v) is 2.66. The van der Waals surface area contributed by atoms with Crippen LogP contribution in [0, 0.1) is 17.2 Å². The van der Waals surface area contributed by atoms with Crippen molar-refractivity contribution < 1.29 is 4.79 Å². The first-order valence-corrected chi connectivity index (χ1v) is 5.15. The van der Waals surface area contributed by atoms with E-state index in [-0.39, 0.29) is 11.9 Å². The lowest BCUT2D eigenvalue weighted by molar-refractivity contribution is -0.132. The van der Waals surface area contributed by atoms with Gasteiger partial charge < -0.3 is 4.90 Å². The number of carbonyl (C=O) groups excluding carboxylic acids is 1. The molecule has 0 saturated carbocycles. The lowest BCUT2D eigenvalue weighted by Crippen LogP contribution is -2.35. The molecule has 1 amide bonds. The van der Waals surface area contributed by atoms with Crippen LogP contribution in [0.1, 0.15) is 40.0 Å². The van der Waals surface area contributed by atoms with Crippen molar-refractivity contribution in [2.45, 2.75) is 46.1 Å². The minimum atomic E-state index is 0.0246. The molecule has 0 aliphatic heterocycles. The fourth-order valence-corrected chi connectivity index (χ4v) is 1.10. The molecule has 0 radical (unpaired) electrons. The average Bonchev–Trinajstić information content (AvgIpc) is 2.16. The summed E-state index contributed by atoms with van der Waals surface area (Å²) in [5.41, 5.74) is 0. The van der Waals surface area contributed by atoms with Gasteiger partial charge in [-0.2, -0.15) is 5.26 Å². The van der Waals surface area contributed by atoms with Gasteiger partial charge in [0.15, 0.2) is 0 Å². The fraction of sp³-hybridized carbons (Fsp3) is 0.818. The van der Waals surface area contributed by atoms with Crippen molar-refractivity contribution in [2.24, 2.45) is 5.92 Å². The van der Waals surface area contributed by atoms with E-state index in [9.17, 15) is 4.79 Å². The minimum Gasteiger partial charge on any atom is -0.342 e. The van der Waals surface area contributed by atoms with Gasteiger partial charge in [-0.25, -0.2) is 0 Å². The maximum atomic E-state index is 11.6. The van der Waals surface area contributed by atoms with Gasteiger partial charge in [0.2, 0.25) is 5.91 Å². The summed E-state index contributed by atoms with van der Waals surface area (Å²) in [6.45, 7) is 6.05. The third-order valence-electron chi connectivity index (χ3n) is 2.66. The summed E-state index contributed by atoms with van der Waals surface area (Å²) in [5, 5.41) is 8.51. The molecule has 14 heavy (non-hydrogen) atoms. The van der Waals surface area contributed by atoms with Gasteiger partial charge in [0.1, 0.15) is 0 Å². The standard InChI is InChI=1S/C11H20N2O/c1-5-9(2)8-11(14)13(4)10(3)6-7-12/h9-10H,5-6,8H2,1-4H3. The Kier molecular flexibility index (Phi) is 5.94. The molecular formula is C11H20N2O. The highest BCUT2D eigenvalue weighted by Crippen LogP contribution is 2.10. The molecule has 0 N–H and O–H groups in total. The van der Waals surface area contributed by atoms with Crippen LogP contribution in [0.3, 0.4) is 0 Å². The monoisotopic (exact) mass is 196 g/mol. The Bertz CT molecular complexity index is 220.